The topological polar surface area (TPSA) is 12.0 Å². The van der Waals surface area contributed by atoms with Crippen molar-refractivity contribution in [1.82, 2.24) is 5.32 Å². The summed E-state index contributed by atoms with van der Waals surface area (Å²) >= 11 is 5.73. The second-order valence-corrected chi connectivity index (χ2v) is 3.72. The molecule has 1 aromatic carbocycles. The third-order valence-electron chi connectivity index (χ3n) is 2.20. The molecule has 0 aliphatic heterocycles. The molecular weight excluding hydrogens is 213 g/mol. The molecule has 1 N–H and O–H groups in total. The molecule has 0 heterocycles. The van der Waals surface area contributed by atoms with Crippen LogP contribution in [0.15, 0.2) is 30.9 Å². The summed E-state index contributed by atoms with van der Waals surface area (Å²) in [6.07, 6.45) is 2.64. The molecule has 1 nitrogen and oxygen atoms in total. The van der Waals surface area contributed by atoms with Crippen LogP contribution >= 0.6 is 11.6 Å². The van der Waals surface area contributed by atoms with Crippen LogP contribution in [0.2, 0.25) is 5.02 Å². The van der Waals surface area contributed by atoms with Crippen molar-refractivity contribution < 1.29 is 4.39 Å². The van der Waals surface area contributed by atoms with E-state index in [1.165, 1.54) is 6.07 Å². The Labute approximate surface area is 95.0 Å². The van der Waals surface area contributed by atoms with Crippen molar-refractivity contribution in [2.75, 3.05) is 6.54 Å². The minimum Gasteiger partial charge on any atom is -0.310 e. The van der Waals surface area contributed by atoms with E-state index in [-0.39, 0.29) is 16.9 Å². The minimum absolute atomic E-state index is 0.158. The van der Waals surface area contributed by atoms with Crippen LogP contribution in [0.3, 0.4) is 0 Å². The van der Waals surface area contributed by atoms with Gasteiger partial charge in [0.25, 0.3) is 0 Å². The van der Waals surface area contributed by atoms with Crippen molar-refractivity contribution in [2.45, 2.75) is 19.4 Å². The zero-order valence-corrected chi connectivity index (χ0v) is 9.52. The van der Waals surface area contributed by atoms with Crippen LogP contribution in [-0.2, 0) is 0 Å². The Kier molecular flexibility index (Phi) is 4.79. The van der Waals surface area contributed by atoms with Gasteiger partial charge in [0.05, 0.1) is 5.02 Å². The maximum atomic E-state index is 13.0. The first-order valence-corrected chi connectivity index (χ1v) is 5.36. The molecule has 3 heteroatoms. The summed E-state index contributed by atoms with van der Waals surface area (Å²) in [5.41, 5.74) is 0.989. The zero-order chi connectivity index (χ0) is 11.3. The Morgan fingerprint density at radius 3 is 2.87 bits per heavy atom. The first-order chi connectivity index (χ1) is 7.19. The summed E-state index contributed by atoms with van der Waals surface area (Å²) in [6, 6.07) is 4.96. The maximum absolute atomic E-state index is 13.0. The molecule has 0 amide bonds. The highest BCUT2D eigenvalue weighted by Gasteiger charge is 2.10. The van der Waals surface area contributed by atoms with Crippen molar-refractivity contribution in [1.29, 1.82) is 0 Å². The quantitative estimate of drug-likeness (QED) is 0.757. The van der Waals surface area contributed by atoms with Crippen LogP contribution in [0, 0.1) is 5.82 Å². The molecule has 0 aliphatic rings. The van der Waals surface area contributed by atoms with Crippen LogP contribution in [0.4, 0.5) is 4.39 Å². The van der Waals surface area contributed by atoms with Crippen molar-refractivity contribution in [3.63, 3.8) is 0 Å². The highest BCUT2D eigenvalue weighted by molar-refractivity contribution is 6.30. The highest BCUT2D eigenvalue weighted by atomic mass is 35.5. The lowest BCUT2D eigenvalue weighted by atomic mass is 10.0. The minimum atomic E-state index is -0.380. The van der Waals surface area contributed by atoms with Gasteiger partial charge >= 0.3 is 0 Å². The predicted octanol–water partition coefficient (Wildman–Crippen LogP) is 3.71. The van der Waals surface area contributed by atoms with Crippen LogP contribution in [0.25, 0.3) is 0 Å². The number of hydrogen-bond acceptors (Lipinski definition) is 1. The first kappa shape index (κ1) is 12.2. The third-order valence-corrected chi connectivity index (χ3v) is 2.49. The number of rotatable bonds is 5. The summed E-state index contributed by atoms with van der Waals surface area (Å²) in [5, 5.41) is 3.46. The van der Waals surface area contributed by atoms with E-state index in [0.29, 0.717) is 0 Å². The predicted molar refractivity (Wildman–Crippen MR) is 62.6 cm³/mol. The van der Waals surface area contributed by atoms with Crippen LogP contribution in [0.5, 0.6) is 0 Å². The summed E-state index contributed by atoms with van der Waals surface area (Å²) < 4.78 is 13.0. The van der Waals surface area contributed by atoms with E-state index in [9.17, 15) is 4.39 Å². The van der Waals surface area contributed by atoms with Gasteiger partial charge in [-0.3, -0.25) is 0 Å². The standard InChI is InChI=1S/C12H15ClFN/c1-3-5-12(15-4-2)9-6-7-11(14)10(13)8-9/h3,6-8,12,15H,1,4-5H2,2H3. The van der Waals surface area contributed by atoms with E-state index < -0.39 is 0 Å². The summed E-state index contributed by atoms with van der Waals surface area (Å²) in [6.45, 7) is 6.58. The third kappa shape index (κ3) is 3.33. The van der Waals surface area contributed by atoms with Crippen LogP contribution < -0.4 is 5.32 Å². The molecule has 0 saturated heterocycles. The lowest BCUT2D eigenvalue weighted by Gasteiger charge is -2.16. The molecule has 1 unspecified atom stereocenters. The van der Waals surface area contributed by atoms with E-state index in [1.54, 1.807) is 12.1 Å². The Bertz CT molecular complexity index is 338. The molecule has 0 aliphatic carbocycles. The highest BCUT2D eigenvalue weighted by Crippen LogP contribution is 2.23. The van der Waals surface area contributed by atoms with Gasteiger partial charge in [0.2, 0.25) is 0 Å². The van der Waals surface area contributed by atoms with Gasteiger partial charge in [-0.05, 0) is 30.7 Å². The SMILES string of the molecule is C=CCC(NCC)c1ccc(F)c(Cl)c1. The number of halogens is 2. The molecule has 1 rings (SSSR count). The number of benzene rings is 1. The van der Waals surface area contributed by atoms with Gasteiger partial charge in [-0.2, -0.15) is 0 Å². The monoisotopic (exact) mass is 227 g/mol. The maximum Gasteiger partial charge on any atom is 0.141 e. The van der Waals surface area contributed by atoms with E-state index in [1.807, 2.05) is 13.0 Å². The fourth-order valence-electron chi connectivity index (χ4n) is 1.48. The fourth-order valence-corrected chi connectivity index (χ4v) is 1.67. The van der Waals surface area contributed by atoms with E-state index in [0.717, 1.165) is 18.5 Å². The van der Waals surface area contributed by atoms with E-state index in [4.69, 9.17) is 11.6 Å². The molecule has 0 fully saturated rings. The van der Waals surface area contributed by atoms with Gasteiger partial charge in [0, 0.05) is 6.04 Å². The molecule has 0 aromatic heterocycles. The molecule has 0 radical (unpaired) electrons. The van der Waals surface area contributed by atoms with Crippen LogP contribution in [-0.4, -0.2) is 6.54 Å². The first-order valence-electron chi connectivity index (χ1n) is 4.98. The molecule has 1 aromatic rings. The normalized spacial score (nSPS) is 12.5. The van der Waals surface area contributed by atoms with Gasteiger partial charge in [-0.25, -0.2) is 4.39 Å². The smallest absolute Gasteiger partial charge is 0.141 e. The van der Waals surface area contributed by atoms with E-state index >= 15 is 0 Å². The van der Waals surface area contributed by atoms with Crippen molar-refractivity contribution in [3.8, 4) is 0 Å². The zero-order valence-electron chi connectivity index (χ0n) is 8.76. The molecule has 0 spiro atoms. The average Bonchev–Trinajstić information content (AvgIpc) is 2.22. The molecule has 0 saturated carbocycles. The molecular formula is C12H15ClFN. The summed E-state index contributed by atoms with van der Waals surface area (Å²) in [7, 11) is 0. The Morgan fingerprint density at radius 1 is 1.60 bits per heavy atom. The van der Waals surface area contributed by atoms with Crippen molar-refractivity contribution in [2.24, 2.45) is 0 Å². The molecule has 0 bridgehead atoms. The Morgan fingerprint density at radius 2 is 2.33 bits per heavy atom. The lowest BCUT2D eigenvalue weighted by molar-refractivity contribution is 0.556. The molecule has 1 atom stereocenters. The van der Waals surface area contributed by atoms with Gasteiger partial charge in [-0.15, -0.1) is 6.58 Å². The second kappa shape index (κ2) is 5.89. The van der Waals surface area contributed by atoms with Gasteiger partial charge < -0.3 is 5.32 Å². The van der Waals surface area contributed by atoms with E-state index in [2.05, 4.69) is 11.9 Å². The summed E-state index contributed by atoms with van der Waals surface area (Å²) in [5.74, 6) is -0.380. The molecule has 82 valence electrons. The lowest BCUT2D eigenvalue weighted by Crippen LogP contribution is -2.20. The van der Waals surface area contributed by atoms with Crippen molar-refractivity contribution in [3.05, 3.63) is 47.3 Å². The van der Waals surface area contributed by atoms with Crippen molar-refractivity contribution >= 4 is 11.6 Å². The molecule has 15 heavy (non-hydrogen) atoms. The Balaban J connectivity index is 2.89. The number of hydrogen-bond donors (Lipinski definition) is 1. The fraction of sp³-hybridized carbons (Fsp3) is 0.333. The number of nitrogens with one attached hydrogen (secondary N) is 1. The largest absolute Gasteiger partial charge is 0.310 e. The van der Waals surface area contributed by atoms with Gasteiger partial charge in [-0.1, -0.05) is 30.7 Å². The average molecular weight is 228 g/mol. The van der Waals surface area contributed by atoms with Gasteiger partial charge in [0.1, 0.15) is 5.82 Å². The van der Waals surface area contributed by atoms with Crippen LogP contribution in [0.1, 0.15) is 24.9 Å². The Hall–Kier alpha value is -0.860. The summed E-state index contributed by atoms with van der Waals surface area (Å²) in [4.78, 5) is 0. The van der Waals surface area contributed by atoms with Gasteiger partial charge in [0.15, 0.2) is 0 Å². The second-order valence-electron chi connectivity index (χ2n) is 3.31.